The highest BCUT2D eigenvalue weighted by atomic mass is 32.2. The summed E-state index contributed by atoms with van der Waals surface area (Å²) < 4.78 is 23.2. The molecular weight excluding hydrogens is 294 g/mol. The number of thiazole rings is 1. The van der Waals surface area contributed by atoms with Crippen molar-refractivity contribution in [3.63, 3.8) is 0 Å². The maximum Gasteiger partial charge on any atom is 0.177 e. The number of aromatic nitrogens is 1. The molecular formula is C13H17N3O2S2. The van der Waals surface area contributed by atoms with Gasteiger partial charge in [-0.2, -0.15) is 0 Å². The number of nitrogens with one attached hydrogen (secondary N) is 1. The molecule has 0 spiro atoms. The average Bonchev–Trinajstić information content (AvgIpc) is 2.76. The number of nitrogens with two attached hydrogens (primary N) is 1. The normalized spacial score (nSPS) is 11.5. The minimum absolute atomic E-state index is 0.160. The van der Waals surface area contributed by atoms with Crippen molar-refractivity contribution in [2.45, 2.75) is 18.2 Å². The smallest absolute Gasteiger partial charge is 0.177 e. The van der Waals surface area contributed by atoms with Crippen LogP contribution in [0.5, 0.6) is 0 Å². The van der Waals surface area contributed by atoms with Crippen LogP contribution in [0.4, 0.5) is 11.4 Å². The molecule has 0 aliphatic carbocycles. The highest BCUT2D eigenvalue weighted by Crippen LogP contribution is 2.26. The Labute approximate surface area is 122 Å². The van der Waals surface area contributed by atoms with E-state index in [1.165, 1.54) is 6.07 Å². The van der Waals surface area contributed by atoms with E-state index < -0.39 is 9.84 Å². The molecule has 0 radical (unpaired) electrons. The van der Waals surface area contributed by atoms with E-state index in [1.54, 1.807) is 23.5 Å². The van der Waals surface area contributed by atoms with Crippen molar-refractivity contribution in [2.75, 3.05) is 23.9 Å². The first-order valence-electron chi connectivity index (χ1n) is 6.11. The third-order valence-electron chi connectivity index (χ3n) is 2.79. The summed E-state index contributed by atoms with van der Waals surface area (Å²) in [4.78, 5) is 4.53. The number of nitrogen functional groups attached to an aromatic ring is 1. The first-order chi connectivity index (χ1) is 9.38. The molecule has 0 atom stereocenters. The molecule has 0 saturated heterocycles. The fourth-order valence-corrected chi connectivity index (χ4v) is 3.45. The Bertz CT molecular complexity index is 708. The number of sulfone groups is 1. The first kappa shape index (κ1) is 14.8. The van der Waals surface area contributed by atoms with Crippen molar-refractivity contribution >= 4 is 32.5 Å². The zero-order valence-electron chi connectivity index (χ0n) is 11.4. The molecule has 3 N–H and O–H groups in total. The number of rotatable bonds is 5. The molecule has 0 amide bonds. The minimum Gasteiger partial charge on any atom is -0.396 e. The standard InChI is InChI=1S/C13H17N3O2S2/c1-9-8-19-12(16-9)6-7-15-10-4-3-5-11(13(10)14)20(2,17)18/h3-5,8,15H,6-7,14H2,1-2H3. The van der Waals surface area contributed by atoms with E-state index >= 15 is 0 Å². The van der Waals surface area contributed by atoms with Gasteiger partial charge in [0.1, 0.15) is 0 Å². The molecule has 1 aromatic carbocycles. The van der Waals surface area contributed by atoms with Crippen molar-refractivity contribution in [3.05, 3.63) is 34.3 Å². The van der Waals surface area contributed by atoms with Gasteiger partial charge in [0, 0.05) is 30.3 Å². The van der Waals surface area contributed by atoms with Crippen LogP contribution in [0.3, 0.4) is 0 Å². The number of aryl methyl sites for hydroxylation is 1. The summed E-state index contributed by atoms with van der Waals surface area (Å²) in [6.07, 6.45) is 1.93. The van der Waals surface area contributed by atoms with Crippen LogP contribution in [0.1, 0.15) is 10.7 Å². The Morgan fingerprint density at radius 1 is 1.40 bits per heavy atom. The van der Waals surface area contributed by atoms with E-state index in [-0.39, 0.29) is 10.6 Å². The van der Waals surface area contributed by atoms with E-state index in [2.05, 4.69) is 10.3 Å². The summed E-state index contributed by atoms with van der Waals surface area (Å²) >= 11 is 1.62. The van der Waals surface area contributed by atoms with Gasteiger partial charge in [-0.05, 0) is 19.1 Å². The molecule has 0 aliphatic rings. The molecule has 0 unspecified atom stereocenters. The third kappa shape index (κ3) is 3.49. The first-order valence-corrected chi connectivity index (χ1v) is 8.88. The summed E-state index contributed by atoms with van der Waals surface area (Å²) in [5, 5.41) is 6.22. The molecule has 1 aromatic heterocycles. The summed E-state index contributed by atoms with van der Waals surface area (Å²) in [7, 11) is -3.31. The van der Waals surface area contributed by atoms with Crippen LogP contribution in [-0.4, -0.2) is 26.2 Å². The van der Waals surface area contributed by atoms with Crippen molar-refractivity contribution in [1.29, 1.82) is 0 Å². The molecule has 0 bridgehead atoms. The average molecular weight is 311 g/mol. The van der Waals surface area contributed by atoms with Crippen LogP contribution < -0.4 is 11.1 Å². The summed E-state index contributed by atoms with van der Waals surface area (Å²) in [6, 6.07) is 4.97. The van der Waals surface area contributed by atoms with Crippen LogP contribution in [-0.2, 0) is 16.3 Å². The molecule has 1 heterocycles. The Kier molecular flexibility index (Phi) is 4.29. The highest BCUT2D eigenvalue weighted by Gasteiger charge is 2.13. The number of hydrogen-bond donors (Lipinski definition) is 2. The van der Waals surface area contributed by atoms with Gasteiger partial charge in [-0.1, -0.05) is 6.07 Å². The van der Waals surface area contributed by atoms with Gasteiger partial charge >= 0.3 is 0 Å². The lowest BCUT2D eigenvalue weighted by atomic mass is 10.2. The molecule has 20 heavy (non-hydrogen) atoms. The molecule has 0 saturated carbocycles. The minimum atomic E-state index is -3.31. The lowest BCUT2D eigenvalue weighted by Gasteiger charge is -2.11. The SMILES string of the molecule is Cc1csc(CCNc2cccc(S(C)(=O)=O)c2N)n1. The fourth-order valence-electron chi connectivity index (χ4n) is 1.84. The van der Waals surface area contributed by atoms with Crippen molar-refractivity contribution < 1.29 is 8.42 Å². The second-order valence-electron chi connectivity index (χ2n) is 4.55. The van der Waals surface area contributed by atoms with Crippen molar-refractivity contribution in [1.82, 2.24) is 4.98 Å². The molecule has 0 aliphatic heterocycles. The molecule has 2 aromatic rings. The van der Waals surface area contributed by atoms with Crippen LogP contribution in [0.25, 0.3) is 0 Å². The predicted molar refractivity (Wildman–Crippen MR) is 83.0 cm³/mol. The maximum atomic E-state index is 11.6. The summed E-state index contributed by atoms with van der Waals surface area (Å²) in [5.74, 6) is 0. The molecule has 7 heteroatoms. The Balaban J connectivity index is 2.07. The van der Waals surface area contributed by atoms with E-state index in [4.69, 9.17) is 5.73 Å². The largest absolute Gasteiger partial charge is 0.396 e. The third-order valence-corrected chi connectivity index (χ3v) is 4.97. The predicted octanol–water partition coefficient (Wildman–Crippen LogP) is 2.09. The van der Waals surface area contributed by atoms with Crippen molar-refractivity contribution in [3.8, 4) is 0 Å². The summed E-state index contributed by atoms with van der Waals surface area (Å²) in [6.45, 7) is 2.62. The number of hydrogen-bond acceptors (Lipinski definition) is 6. The molecule has 2 rings (SSSR count). The van der Waals surface area contributed by atoms with Crippen LogP contribution in [0.2, 0.25) is 0 Å². The van der Waals surface area contributed by atoms with Crippen molar-refractivity contribution in [2.24, 2.45) is 0 Å². The molecule has 108 valence electrons. The van der Waals surface area contributed by atoms with Gasteiger partial charge in [-0.25, -0.2) is 13.4 Å². The zero-order chi connectivity index (χ0) is 14.8. The topological polar surface area (TPSA) is 85.1 Å². The van der Waals surface area contributed by atoms with Crippen LogP contribution >= 0.6 is 11.3 Å². The van der Waals surface area contributed by atoms with Gasteiger partial charge in [-0.3, -0.25) is 0 Å². The Morgan fingerprint density at radius 2 is 2.15 bits per heavy atom. The van der Waals surface area contributed by atoms with Gasteiger partial charge in [0.05, 0.1) is 21.3 Å². The number of anilines is 2. The fraction of sp³-hybridized carbons (Fsp3) is 0.308. The highest BCUT2D eigenvalue weighted by molar-refractivity contribution is 7.90. The number of benzene rings is 1. The van der Waals surface area contributed by atoms with E-state index in [1.807, 2.05) is 12.3 Å². The van der Waals surface area contributed by atoms with Gasteiger partial charge in [0.2, 0.25) is 0 Å². The second-order valence-corrected chi connectivity index (χ2v) is 7.48. The number of para-hydroxylation sites is 1. The quantitative estimate of drug-likeness (QED) is 0.826. The van der Waals surface area contributed by atoms with Gasteiger partial charge in [0.15, 0.2) is 9.84 Å². The monoisotopic (exact) mass is 311 g/mol. The Hall–Kier alpha value is -1.60. The van der Waals surface area contributed by atoms with E-state index in [0.29, 0.717) is 12.2 Å². The maximum absolute atomic E-state index is 11.6. The lowest BCUT2D eigenvalue weighted by molar-refractivity contribution is 0.602. The van der Waals surface area contributed by atoms with E-state index in [9.17, 15) is 8.42 Å². The van der Waals surface area contributed by atoms with Gasteiger partial charge in [-0.15, -0.1) is 11.3 Å². The number of nitrogens with zero attached hydrogens (tertiary/aromatic N) is 1. The molecule has 0 fully saturated rings. The van der Waals surface area contributed by atoms with E-state index in [0.717, 1.165) is 23.4 Å². The van der Waals surface area contributed by atoms with Gasteiger partial charge in [0.25, 0.3) is 0 Å². The van der Waals surface area contributed by atoms with Crippen LogP contribution in [0.15, 0.2) is 28.5 Å². The molecule has 5 nitrogen and oxygen atoms in total. The van der Waals surface area contributed by atoms with Gasteiger partial charge < -0.3 is 11.1 Å². The Morgan fingerprint density at radius 3 is 2.75 bits per heavy atom. The lowest BCUT2D eigenvalue weighted by Crippen LogP contribution is -2.09. The van der Waals surface area contributed by atoms with Crippen LogP contribution in [0, 0.1) is 6.92 Å². The summed E-state index contributed by atoms with van der Waals surface area (Å²) in [5.41, 5.74) is 7.82. The second kappa shape index (κ2) is 5.80. The zero-order valence-corrected chi connectivity index (χ0v) is 13.0.